The fourth-order valence-corrected chi connectivity index (χ4v) is 1.83. The van der Waals surface area contributed by atoms with Gasteiger partial charge in [-0.05, 0) is 18.2 Å². The number of amides is 1. The summed E-state index contributed by atoms with van der Waals surface area (Å²) in [5.74, 6) is 0.0974. The van der Waals surface area contributed by atoms with Crippen molar-refractivity contribution in [2.75, 3.05) is 39.1 Å². The molecular formula is C13H19N3O. The Hall–Kier alpha value is -1.55. The molecule has 1 aliphatic heterocycles. The highest BCUT2D eigenvalue weighted by Gasteiger charge is 2.25. The zero-order valence-electron chi connectivity index (χ0n) is 10.6. The van der Waals surface area contributed by atoms with Crippen LogP contribution < -0.4 is 10.2 Å². The number of rotatable bonds is 3. The number of anilines is 1. The summed E-state index contributed by atoms with van der Waals surface area (Å²) in [7, 11) is 5.82. The quantitative estimate of drug-likeness (QED) is 0.838. The summed E-state index contributed by atoms with van der Waals surface area (Å²) in [6, 6.07) is 8.07. The van der Waals surface area contributed by atoms with Gasteiger partial charge in [0.25, 0.3) is 5.91 Å². The molecule has 17 heavy (non-hydrogen) atoms. The van der Waals surface area contributed by atoms with Crippen molar-refractivity contribution >= 4 is 11.6 Å². The van der Waals surface area contributed by atoms with Crippen LogP contribution in [0.3, 0.4) is 0 Å². The van der Waals surface area contributed by atoms with Crippen LogP contribution in [0.1, 0.15) is 10.4 Å². The van der Waals surface area contributed by atoms with E-state index in [4.69, 9.17) is 0 Å². The molecule has 1 fully saturated rings. The number of nitrogens with one attached hydrogen (secondary N) is 1. The second-order valence-corrected chi connectivity index (χ2v) is 4.67. The average Bonchev–Trinajstić information content (AvgIpc) is 2.25. The van der Waals surface area contributed by atoms with E-state index in [2.05, 4.69) is 5.32 Å². The third kappa shape index (κ3) is 2.42. The topological polar surface area (TPSA) is 35.6 Å². The monoisotopic (exact) mass is 233 g/mol. The van der Waals surface area contributed by atoms with Gasteiger partial charge in [-0.2, -0.15) is 0 Å². The molecule has 4 nitrogen and oxygen atoms in total. The highest BCUT2D eigenvalue weighted by atomic mass is 16.2. The van der Waals surface area contributed by atoms with Crippen molar-refractivity contribution in [1.82, 2.24) is 10.2 Å². The van der Waals surface area contributed by atoms with E-state index in [1.54, 1.807) is 0 Å². The van der Waals surface area contributed by atoms with Crippen molar-refractivity contribution in [3.63, 3.8) is 0 Å². The molecule has 4 heteroatoms. The standard InChI is InChI=1S/C13H19N3O/c1-15(2)11-6-4-5-10(7-11)13(17)16(3)12-8-14-9-12/h4-7,12,14H,8-9H2,1-3H3. The maximum atomic E-state index is 12.2. The Morgan fingerprint density at radius 3 is 2.53 bits per heavy atom. The van der Waals surface area contributed by atoms with E-state index >= 15 is 0 Å². The molecule has 92 valence electrons. The van der Waals surface area contributed by atoms with E-state index in [0.717, 1.165) is 24.3 Å². The molecule has 1 aliphatic rings. The summed E-state index contributed by atoms with van der Waals surface area (Å²) in [5, 5.41) is 3.18. The number of hydrogen-bond acceptors (Lipinski definition) is 3. The molecule has 0 saturated carbocycles. The minimum absolute atomic E-state index is 0.0974. The molecule has 1 aromatic rings. The van der Waals surface area contributed by atoms with Gasteiger partial charge < -0.3 is 15.1 Å². The maximum absolute atomic E-state index is 12.2. The minimum atomic E-state index is 0.0974. The van der Waals surface area contributed by atoms with Gasteiger partial charge in [0.15, 0.2) is 0 Å². The predicted molar refractivity (Wildman–Crippen MR) is 69.5 cm³/mol. The first-order chi connectivity index (χ1) is 8.09. The lowest BCUT2D eigenvalue weighted by Gasteiger charge is -2.35. The van der Waals surface area contributed by atoms with Gasteiger partial charge in [-0.25, -0.2) is 0 Å². The highest BCUT2D eigenvalue weighted by molar-refractivity contribution is 5.95. The molecule has 0 atom stereocenters. The van der Waals surface area contributed by atoms with Crippen LogP contribution in [0.15, 0.2) is 24.3 Å². The second-order valence-electron chi connectivity index (χ2n) is 4.67. The van der Waals surface area contributed by atoms with Crippen LogP contribution >= 0.6 is 0 Å². The molecule has 0 unspecified atom stereocenters. The summed E-state index contributed by atoms with van der Waals surface area (Å²) in [6.07, 6.45) is 0. The van der Waals surface area contributed by atoms with E-state index < -0.39 is 0 Å². The van der Waals surface area contributed by atoms with Crippen LogP contribution in [-0.4, -0.2) is 51.1 Å². The number of benzene rings is 1. The third-order valence-electron chi connectivity index (χ3n) is 3.24. The summed E-state index contributed by atoms with van der Waals surface area (Å²) in [5.41, 5.74) is 1.81. The lowest BCUT2D eigenvalue weighted by molar-refractivity contribution is 0.0681. The molecule has 1 heterocycles. The Morgan fingerprint density at radius 1 is 1.29 bits per heavy atom. The first-order valence-electron chi connectivity index (χ1n) is 5.85. The fourth-order valence-electron chi connectivity index (χ4n) is 1.83. The van der Waals surface area contributed by atoms with Gasteiger partial charge in [0, 0.05) is 45.5 Å². The summed E-state index contributed by atoms with van der Waals surface area (Å²) >= 11 is 0. The van der Waals surface area contributed by atoms with Gasteiger partial charge in [-0.3, -0.25) is 4.79 Å². The van der Waals surface area contributed by atoms with Crippen LogP contribution in [0.2, 0.25) is 0 Å². The molecule has 1 amide bonds. The predicted octanol–water partition coefficient (Wildman–Crippen LogP) is 0.796. The molecule has 0 aliphatic carbocycles. The zero-order chi connectivity index (χ0) is 12.4. The zero-order valence-corrected chi connectivity index (χ0v) is 10.6. The molecule has 1 aromatic carbocycles. The van der Waals surface area contributed by atoms with Crippen molar-refractivity contribution in [3.05, 3.63) is 29.8 Å². The van der Waals surface area contributed by atoms with Crippen molar-refractivity contribution in [2.24, 2.45) is 0 Å². The summed E-state index contributed by atoms with van der Waals surface area (Å²) < 4.78 is 0. The molecule has 0 bridgehead atoms. The molecule has 2 rings (SSSR count). The van der Waals surface area contributed by atoms with Gasteiger partial charge in [-0.1, -0.05) is 6.07 Å². The maximum Gasteiger partial charge on any atom is 0.254 e. The van der Waals surface area contributed by atoms with Gasteiger partial charge in [-0.15, -0.1) is 0 Å². The van der Waals surface area contributed by atoms with Crippen molar-refractivity contribution in [3.8, 4) is 0 Å². The lowest BCUT2D eigenvalue weighted by Crippen LogP contribution is -2.57. The smallest absolute Gasteiger partial charge is 0.254 e. The second kappa shape index (κ2) is 4.75. The highest BCUT2D eigenvalue weighted by Crippen LogP contribution is 2.16. The molecule has 1 N–H and O–H groups in total. The van der Waals surface area contributed by atoms with Gasteiger partial charge in [0.1, 0.15) is 0 Å². The largest absolute Gasteiger partial charge is 0.378 e. The SMILES string of the molecule is CN(C)c1cccc(C(=O)N(C)C2CNC2)c1. The number of hydrogen-bond donors (Lipinski definition) is 1. The average molecular weight is 233 g/mol. The van der Waals surface area contributed by atoms with Crippen molar-refractivity contribution in [2.45, 2.75) is 6.04 Å². The molecule has 0 spiro atoms. The van der Waals surface area contributed by atoms with Crippen LogP contribution in [-0.2, 0) is 0 Å². The summed E-state index contributed by atoms with van der Waals surface area (Å²) in [4.78, 5) is 16.1. The Labute approximate surface area is 102 Å². The van der Waals surface area contributed by atoms with Crippen LogP contribution in [0, 0.1) is 0 Å². The first-order valence-corrected chi connectivity index (χ1v) is 5.85. The fraction of sp³-hybridized carbons (Fsp3) is 0.462. The Morgan fingerprint density at radius 2 is 2.00 bits per heavy atom. The first kappa shape index (κ1) is 11.9. The molecule has 0 radical (unpaired) electrons. The van der Waals surface area contributed by atoms with Gasteiger partial charge in [0.2, 0.25) is 0 Å². The van der Waals surface area contributed by atoms with Crippen molar-refractivity contribution < 1.29 is 4.79 Å². The van der Waals surface area contributed by atoms with Crippen LogP contribution in [0.5, 0.6) is 0 Å². The number of carbonyl (C=O) groups is 1. The van der Waals surface area contributed by atoms with E-state index in [9.17, 15) is 4.79 Å². The Bertz CT molecular complexity index is 413. The molecule has 0 aromatic heterocycles. The van der Waals surface area contributed by atoms with E-state index in [-0.39, 0.29) is 5.91 Å². The van der Waals surface area contributed by atoms with E-state index in [0.29, 0.717) is 6.04 Å². The summed E-state index contributed by atoms with van der Waals surface area (Å²) in [6.45, 7) is 1.80. The van der Waals surface area contributed by atoms with E-state index in [1.165, 1.54) is 0 Å². The number of likely N-dealkylation sites (N-methyl/N-ethyl adjacent to an activating group) is 1. The van der Waals surface area contributed by atoms with Crippen LogP contribution in [0.25, 0.3) is 0 Å². The van der Waals surface area contributed by atoms with Gasteiger partial charge in [0.05, 0.1) is 6.04 Å². The molecular weight excluding hydrogens is 214 g/mol. The number of nitrogens with zero attached hydrogens (tertiary/aromatic N) is 2. The normalized spacial score (nSPS) is 15.2. The van der Waals surface area contributed by atoms with Crippen molar-refractivity contribution in [1.29, 1.82) is 0 Å². The Kier molecular flexibility index (Phi) is 3.33. The van der Waals surface area contributed by atoms with Gasteiger partial charge >= 0.3 is 0 Å². The van der Waals surface area contributed by atoms with E-state index in [1.807, 2.05) is 55.2 Å². The van der Waals surface area contributed by atoms with Crippen LogP contribution in [0.4, 0.5) is 5.69 Å². The Balaban J connectivity index is 2.15. The number of carbonyl (C=O) groups excluding carboxylic acids is 1. The minimum Gasteiger partial charge on any atom is -0.378 e. The lowest BCUT2D eigenvalue weighted by atomic mass is 10.1. The molecule has 1 saturated heterocycles. The third-order valence-corrected chi connectivity index (χ3v) is 3.24.